The Morgan fingerprint density at radius 1 is 0.511 bits per heavy atom. The van der Waals surface area contributed by atoms with Gasteiger partial charge in [0.1, 0.15) is 6.10 Å². The lowest BCUT2D eigenvalue weighted by molar-refractivity contribution is 0.0636. The second-order valence-electron chi connectivity index (χ2n) is 13.6. The maximum atomic E-state index is 12.8. The molecular weight excluding hydrogens is 576 g/mol. The summed E-state index contributed by atoms with van der Waals surface area (Å²) in [6.45, 7) is 6.04. The molecule has 0 aliphatic rings. The van der Waals surface area contributed by atoms with Crippen molar-refractivity contribution in [3.05, 3.63) is 60.8 Å². The van der Waals surface area contributed by atoms with Crippen LogP contribution in [0.25, 0.3) is 0 Å². The van der Waals surface area contributed by atoms with E-state index in [1.807, 2.05) is 21.1 Å². The lowest BCUT2D eigenvalue weighted by Gasteiger charge is -2.23. The maximum Gasteiger partial charge on any atom is 0.409 e. The van der Waals surface area contributed by atoms with Crippen LogP contribution >= 0.6 is 0 Å². The number of amides is 1. The van der Waals surface area contributed by atoms with E-state index in [0.29, 0.717) is 6.54 Å². The fraction of sp³-hybridized carbons (Fsp3) is 0.744. The van der Waals surface area contributed by atoms with Crippen molar-refractivity contribution < 1.29 is 9.53 Å². The van der Waals surface area contributed by atoms with Crippen molar-refractivity contribution in [2.24, 2.45) is 0 Å². The normalized spacial score (nSPS) is 13.1. The largest absolute Gasteiger partial charge is 0.446 e. The molecule has 47 heavy (non-hydrogen) atoms. The fourth-order valence-electron chi connectivity index (χ4n) is 5.34. The number of ether oxygens (including phenoxy) is 1. The van der Waals surface area contributed by atoms with E-state index in [1.54, 1.807) is 4.90 Å². The van der Waals surface area contributed by atoms with Gasteiger partial charge in [0.05, 0.1) is 0 Å². The number of rotatable bonds is 33. The Labute approximate surface area is 293 Å². The average Bonchev–Trinajstić information content (AvgIpc) is 3.06. The lowest BCUT2D eigenvalue weighted by Crippen LogP contribution is -2.35. The highest BCUT2D eigenvalue weighted by atomic mass is 16.6. The smallest absolute Gasteiger partial charge is 0.409 e. The van der Waals surface area contributed by atoms with Gasteiger partial charge < -0.3 is 14.5 Å². The van der Waals surface area contributed by atoms with E-state index in [4.69, 9.17) is 4.74 Å². The van der Waals surface area contributed by atoms with Gasteiger partial charge in [-0.15, -0.1) is 0 Å². The zero-order valence-corrected chi connectivity index (χ0v) is 31.9. The topological polar surface area (TPSA) is 32.8 Å². The Kier molecular flexibility index (Phi) is 35.1. The number of carbonyl (C=O) groups is 1. The number of carbonyl (C=O) groups excluding carboxylic acids is 1. The van der Waals surface area contributed by atoms with Crippen LogP contribution < -0.4 is 0 Å². The van der Waals surface area contributed by atoms with Gasteiger partial charge in [-0.3, -0.25) is 0 Å². The van der Waals surface area contributed by atoms with E-state index in [9.17, 15) is 4.79 Å². The monoisotopic (exact) mass is 655 g/mol. The first-order chi connectivity index (χ1) is 23.0. The van der Waals surface area contributed by atoms with Gasteiger partial charge in [-0.1, -0.05) is 132 Å². The molecule has 0 aromatic carbocycles. The summed E-state index contributed by atoms with van der Waals surface area (Å²) in [5.41, 5.74) is 0. The molecule has 0 aromatic heterocycles. The van der Waals surface area contributed by atoms with Gasteiger partial charge in [0, 0.05) is 26.6 Å². The molecule has 0 aliphatic heterocycles. The molecule has 0 bridgehead atoms. The maximum absolute atomic E-state index is 12.8. The third kappa shape index (κ3) is 35.1. The van der Waals surface area contributed by atoms with Crippen molar-refractivity contribution in [2.45, 2.75) is 174 Å². The Balaban J connectivity index is 4.21. The van der Waals surface area contributed by atoms with E-state index < -0.39 is 0 Å². The minimum absolute atomic E-state index is 0.0304. The zero-order valence-electron chi connectivity index (χ0n) is 31.9. The van der Waals surface area contributed by atoms with Crippen molar-refractivity contribution in [2.75, 3.05) is 34.2 Å². The predicted octanol–water partition coefficient (Wildman–Crippen LogP) is 13.2. The Morgan fingerprint density at radius 3 is 1.38 bits per heavy atom. The Morgan fingerprint density at radius 2 is 0.915 bits per heavy atom. The van der Waals surface area contributed by atoms with E-state index in [2.05, 4.69) is 79.5 Å². The minimum Gasteiger partial charge on any atom is -0.446 e. The molecule has 4 heteroatoms. The molecule has 0 N–H and O–H groups in total. The molecule has 0 heterocycles. The average molecular weight is 655 g/mol. The molecule has 0 radical (unpaired) electrons. The van der Waals surface area contributed by atoms with E-state index in [-0.39, 0.29) is 12.2 Å². The summed E-state index contributed by atoms with van der Waals surface area (Å²) in [5, 5.41) is 0. The van der Waals surface area contributed by atoms with Crippen LogP contribution in [0.2, 0.25) is 0 Å². The molecule has 0 rings (SSSR count). The van der Waals surface area contributed by atoms with Crippen molar-refractivity contribution in [3.8, 4) is 0 Å². The molecule has 1 unspecified atom stereocenters. The van der Waals surface area contributed by atoms with Crippen LogP contribution in [-0.2, 0) is 4.74 Å². The van der Waals surface area contributed by atoms with Crippen LogP contribution in [-0.4, -0.2) is 56.2 Å². The lowest BCUT2D eigenvalue weighted by atomic mass is 10.0. The Bertz CT molecular complexity index is 811. The number of hydrogen-bond donors (Lipinski definition) is 0. The van der Waals surface area contributed by atoms with Crippen molar-refractivity contribution >= 4 is 6.09 Å². The van der Waals surface area contributed by atoms with E-state index >= 15 is 0 Å². The van der Waals surface area contributed by atoms with Crippen LogP contribution in [0.4, 0.5) is 4.79 Å². The van der Waals surface area contributed by atoms with Gasteiger partial charge >= 0.3 is 6.09 Å². The van der Waals surface area contributed by atoms with E-state index in [1.165, 1.54) is 116 Å². The first-order valence-electron chi connectivity index (χ1n) is 19.8. The fourth-order valence-corrected chi connectivity index (χ4v) is 5.34. The highest BCUT2D eigenvalue weighted by molar-refractivity contribution is 5.67. The number of allylic oxidation sites excluding steroid dienone is 9. The quantitative estimate of drug-likeness (QED) is 0.0521. The molecular formula is C43H78N2O2. The Hall–Kier alpha value is -2.07. The molecule has 0 aromatic rings. The molecule has 0 fully saturated rings. The molecule has 0 saturated carbocycles. The first kappa shape index (κ1) is 44.9. The van der Waals surface area contributed by atoms with E-state index in [0.717, 1.165) is 45.1 Å². The standard InChI is InChI=1S/C43H78N2O2/c1-6-8-10-12-14-16-18-20-22-24-26-28-30-32-34-36-38-42(47-43(46)45(5)41-40-44(3)4)39-37-35-33-31-29-27-25-23-21-19-17-15-13-11-9-7-2/h14-17,20-23,34,36,42H,6-13,18-19,24-33,35,37-41H2,1-5H3/b16-14-,17-15-,22-20-,23-21-,36-34+. The molecule has 0 spiro atoms. The minimum atomic E-state index is -0.190. The van der Waals surface area contributed by atoms with Crippen molar-refractivity contribution in [1.82, 2.24) is 9.80 Å². The molecule has 1 atom stereocenters. The van der Waals surface area contributed by atoms with Crippen LogP contribution in [0, 0.1) is 0 Å². The number of hydrogen-bond acceptors (Lipinski definition) is 3. The number of unbranched alkanes of at least 4 members (excludes halogenated alkanes) is 16. The summed E-state index contributed by atoms with van der Waals surface area (Å²) in [6.07, 6.45) is 52.0. The molecule has 0 saturated heterocycles. The highest BCUT2D eigenvalue weighted by Crippen LogP contribution is 2.16. The van der Waals surface area contributed by atoms with Crippen LogP contribution in [0.3, 0.4) is 0 Å². The molecule has 0 aliphatic carbocycles. The third-order valence-electron chi connectivity index (χ3n) is 8.58. The molecule has 1 amide bonds. The SMILES string of the molecule is CCCCC/C=C\C/C=C\CCCCC/C=C/CC(CCCCCCCC/C=C\C/C=C\CCCCC)OC(=O)N(C)CCN(C)C. The van der Waals surface area contributed by atoms with Gasteiger partial charge in [0.25, 0.3) is 0 Å². The second kappa shape index (κ2) is 36.8. The number of likely N-dealkylation sites (N-methyl/N-ethyl adjacent to an activating group) is 2. The van der Waals surface area contributed by atoms with Gasteiger partial charge in [-0.05, 0) is 104 Å². The summed E-state index contributed by atoms with van der Waals surface area (Å²) < 4.78 is 5.99. The van der Waals surface area contributed by atoms with Gasteiger partial charge in [-0.25, -0.2) is 4.79 Å². The summed E-state index contributed by atoms with van der Waals surface area (Å²) in [6, 6.07) is 0. The second-order valence-corrected chi connectivity index (χ2v) is 13.6. The summed E-state index contributed by atoms with van der Waals surface area (Å²) in [5.74, 6) is 0. The molecule has 272 valence electrons. The van der Waals surface area contributed by atoms with Crippen LogP contribution in [0.15, 0.2) is 60.8 Å². The summed E-state index contributed by atoms with van der Waals surface area (Å²) in [4.78, 5) is 16.6. The number of nitrogens with zero attached hydrogens (tertiary/aromatic N) is 2. The summed E-state index contributed by atoms with van der Waals surface area (Å²) in [7, 11) is 5.91. The third-order valence-corrected chi connectivity index (χ3v) is 8.58. The van der Waals surface area contributed by atoms with Crippen LogP contribution in [0.1, 0.15) is 168 Å². The highest BCUT2D eigenvalue weighted by Gasteiger charge is 2.16. The zero-order chi connectivity index (χ0) is 34.5. The van der Waals surface area contributed by atoms with Crippen molar-refractivity contribution in [1.29, 1.82) is 0 Å². The van der Waals surface area contributed by atoms with Gasteiger partial charge in [-0.2, -0.15) is 0 Å². The van der Waals surface area contributed by atoms with Gasteiger partial charge in [0.15, 0.2) is 0 Å². The van der Waals surface area contributed by atoms with Crippen LogP contribution in [0.5, 0.6) is 0 Å². The predicted molar refractivity (Wildman–Crippen MR) is 209 cm³/mol. The molecule has 4 nitrogen and oxygen atoms in total. The first-order valence-corrected chi connectivity index (χ1v) is 19.8. The van der Waals surface area contributed by atoms with Gasteiger partial charge in [0.2, 0.25) is 0 Å². The summed E-state index contributed by atoms with van der Waals surface area (Å²) >= 11 is 0. The van der Waals surface area contributed by atoms with Crippen molar-refractivity contribution in [3.63, 3.8) is 0 Å².